The van der Waals surface area contributed by atoms with Gasteiger partial charge in [0.2, 0.25) is 0 Å². The fourth-order valence-corrected chi connectivity index (χ4v) is 4.97. The Morgan fingerprint density at radius 1 is 1.08 bits per heavy atom. The number of urea groups is 1. The number of carbonyl (C=O) groups is 2. The maximum absolute atomic E-state index is 13.1. The summed E-state index contributed by atoms with van der Waals surface area (Å²) in [6.45, 7) is 14.1. The summed E-state index contributed by atoms with van der Waals surface area (Å²) in [5, 5.41) is 5.74. The van der Waals surface area contributed by atoms with E-state index in [1.807, 2.05) is 45.0 Å². The third-order valence-electron chi connectivity index (χ3n) is 6.79. The zero-order valence-electron chi connectivity index (χ0n) is 24.1. The van der Waals surface area contributed by atoms with Gasteiger partial charge in [-0.2, -0.15) is 0 Å². The Labute approximate surface area is 229 Å². The molecule has 0 saturated carbocycles. The number of hydrogen-bond acceptors (Lipinski definition) is 4. The number of hydrogen-bond donors (Lipinski definition) is 2. The summed E-state index contributed by atoms with van der Waals surface area (Å²) in [6.07, 6.45) is 14.4. The van der Waals surface area contributed by atoms with Crippen LogP contribution in [0.4, 0.5) is 4.79 Å². The lowest BCUT2D eigenvalue weighted by atomic mass is 9.82. The topological polar surface area (TPSA) is 76.7 Å². The Balaban J connectivity index is 2.34. The highest BCUT2D eigenvalue weighted by molar-refractivity contribution is 5.95. The number of nitrogens with one attached hydrogen (secondary N) is 2. The maximum atomic E-state index is 13.1. The van der Waals surface area contributed by atoms with Crippen molar-refractivity contribution in [3.63, 3.8) is 0 Å². The van der Waals surface area contributed by atoms with Crippen molar-refractivity contribution in [2.75, 3.05) is 6.61 Å². The third kappa shape index (κ3) is 10.0. The minimum absolute atomic E-state index is 0.224. The van der Waals surface area contributed by atoms with E-state index in [1.165, 1.54) is 38.5 Å². The van der Waals surface area contributed by atoms with Gasteiger partial charge in [-0.3, -0.25) is 0 Å². The number of unbranched alkanes of at least 4 members (excludes halogenated alkanes) is 6. The Morgan fingerprint density at radius 2 is 1.76 bits per heavy atom. The second-order valence-corrected chi connectivity index (χ2v) is 10.3. The van der Waals surface area contributed by atoms with E-state index in [4.69, 9.17) is 9.47 Å². The van der Waals surface area contributed by atoms with Gasteiger partial charge in [-0.05, 0) is 63.7 Å². The summed E-state index contributed by atoms with van der Waals surface area (Å²) in [4.78, 5) is 25.6. The number of carbonyl (C=O) groups excluding carboxylic acids is 2. The standard InChI is InChI=1S/C32H48N2O4/c1-7-9-10-11-12-13-14-19-26(20-17-18-24(5)37-8-2)27-21-15-16-22-28(27)30-29(31(35)38-23(3)4)25(6)33-32(36)34-30/h15-18,21-23,26,30H,5,7-14,19-20H2,1-4,6H3,(H2,33,34,36). The van der Waals surface area contributed by atoms with Gasteiger partial charge in [0.15, 0.2) is 0 Å². The number of allylic oxidation sites excluding steroid dienone is 3. The van der Waals surface area contributed by atoms with E-state index in [9.17, 15) is 9.59 Å². The molecule has 1 heterocycles. The summed E-state index contributed by atoms with van der Waals surface area (Å²) < 4.78 is 11.1. The minimum atomic E-state index is -0.579. The van der Waals surface area contributed by atoms with E-state index in [0.29, 0.717) is 23.6 Å². The van der Waals surface area contributed by atoms with Crippen LogP contribution >= 0.6 is 0 Å². The molecule has 0 aliphatic carbocycles. The summed E-state index contributed by atoms with van der Waals surface area (Å²) in [7, 11) is 0. The average molecular weight is 525 g/mol. The number of amides is 2. The van der Waals surface area contributed by atoms with Crippen molar-refractivity contribution in [3.05, 3.63) is 71.2 Å². The van der Waals surface area contributed by atoms with Crippen LogP contribution < -0.4 is 10.6 Å². The Morgan fingerprint density at radius 3 is 2.45 bits per heavy atom. The molecular formula is C32H48N2O4. The number of rotatable bonds is 17. The number of esters is 1. The summed E-state index contributed by atoms with van der Waals surface area (Å²) >= 11 is 0. The van der Waals surface area contributed by atoms with E-state index < -0.39 is 12.0 Å². The number of ether oxygens (including phenoxy) is 2. The first-order valence-corrected chi connectivity index (χ1v) is 14.3. The normalized spacial score (nSPS) is 16.4. The summed E-state index contributed by atoms with van der Waals surface area (Å²) in [6, 6.07) is 7.24. The molecule has 1 aliphatic heterocycles. The molecule has 2 N–H and O–H groups in total. The predicted octanol–water partition coefficient (Wildman–Crippen LogP) is 7.99. The largest absolute Gasteiger partial charge is 0.495 e. The molecule has 38 heavy (non-hydrogen) atoms. The molecule has 1 aromatic rings. The Hall–Kier alpha value is -3.02. The van der Waals surface area contributed by atoms with Gasteiger partial charge in [-0.25, -0.2) is 9.59 Å². The highest BCUT2D eigenvalue weighted by Gasteiger charge is 2.34. The lowest BCUT2D eigenvalue weighted by molar-refractivity contribution is -0.143. The van der Waals surface area contributed by atoms with Crippen molar-refractivity contribution < 1.29 is 19.1 Å². The molecule has 6 heteroatoms. The zero-order valence-corrected chi connectivity index (χ0v) is 24.1. The lowest BCUT2D eigenvalue weighted by Gasteiger charge is -2.31. The minimum Gasteiger partial charge on any atom is -0.495 e. The first-order chi connectivity index (χ1) is 18.3. The molecule has 0 bridgehead atoms. The smallest absolute Gasteiger partial charge is 0.338 e. The molecule has 1 aliphatic rings. The fraction of sp³-hybridized carbons (Fsp3) is 0.562. The molecule has 2 amide bonds. The van der Waals surface area contributed by atoms with Crippen LogP contribution in [0.15, 0.2) is 60.0 Å². The lowest BCUT2D eigenvalue weighted by Crippen LogP contribution is -2.45. The van der Waals surface area contributed by atoms with Gasteiger partial charge in [-0.15, -0.1) is 0 Å². The zero-order chi connectivity index (χ0) is 27.9. The van der Waals surface area contributed by atoms with Gasteiger partial charge < -0.3 is 20.1 Å². The van der Waals surface area contributed by atoms with Crippen LogP contribution in [0.3, 0.4) is 0 Å². The highest BCUT2D eigenvalue weighted by atomic mass is 16.5. The van der Waals surface area contributed by atoms with Crippen molar-refractivity contribution in [2.24, 2.45) is 0 Å². The Kier molecular flexibility index (Phi) is 13.7. The van der Waals surface area contributed by atoms with Crippen LogP contribution in [0.2, 0.25) is 0 Å². The Bertz CT molecular complexity index is 979. The van der Waals surface area contributed by atoms with E-state index in [2.05, 4.69) is 36.3 Å². The second kappa shape index (κ2) is 16.7. The van der Waals surface area contributed by atoms with Crippen molar-refractivity contribution in [1.29, 1.82) is 0 Å². The molecule has 0 saturated heterocycles. The van der Waals surface area contributed by atoms with Gasteiger partial charge in [0.25, 0.3) is 0 Å². The van der Waals surface area contributed by atoms with Crippen LogP contribution in [0.25, 0.3) is 0 Å². The maximum Gasteiger partial charge on any atom is 0.338 e. The van der Waals surface area contributed by atoms with E-state index >= 15 is 0 Å². The van der Waals surface area contributed by atoms with Crippen molar-refractivity contribution in [3.8, 4) is 0 Å². The molecule has 2 unspecified atom stereocenters. The van der Waals surface area contributed by atoms with Crippen LogP contribution in [-0.2, 0) is 14.3 Å². The van der Waals surface area contributed by atoms with Gasteiger partial charge in [0.05, 0.1) is 24.3 Å². The van der Waals surface area contributed by atoms with Crippen molar-refractivity contribution in [2.45, 2.75) is 110 Å². The molecule has 210 valence electrons. The van der Waals surface area contributed by atoms with E-state index in [1.54, 1.807) is 6.92 Å². The molecule has 2 rings (SSSR count). The van der Waals surface area contributed by atoms with Crippen LogP contribution in [0.5, 0.6) is 0 Å². The van der Waals surface area contributed by atoms with Crippen molar-refractivity contribution in [1.82, 2.24) is 10.6 Å². The SMILES string of the molecule is C=C(C=CCC(CCCCCCCCC)c1ccccc1C1NC(=O)NC(C)=C1C(=O)OC(C)C)OCC. The van der Waals surface area contributed by atoms with Crippen LogP contribution in [0.1, 0.15) is 115 Å². The molecule has 6 nitrogen and oxygen atoms in total. The molecule has 0 fully saturated rings. The quantitative estimate of drug-likeness (QED) is 0.0937. The molecule has 0 spiro atoms. The molecule has 0 aromatic heterocycles. The fourth-order valence-electron chi connectivity index (χ4n) is 4.97. The third-order valence-corrected chi connectivity index (χ3v) is 6.79. The van der Waals surface area contributed by atoms with Gasteiger partial charge in [0, 0.05) is 5.70 Å². The first kappa shape index (κ1) is 31.2. The average Bonchev–Trinajstić information content (AvgIpc) is 2.86. The molecule has 0 radical (unpaired) electrons. The summed E-state index contributed by atoms with van der Waals surface area (Å²) in [5.74, 6) is 0.460. The second-order valence-electron chi connectivity index (χ2n) is 10.3. The van der Waals surface area contributed by atoms with Gasteiger partial charge in [0.1, 0.15) is 5.76 Å². The predicted molar refractivity (Wildman–Crippen MR) is 155 cm³/mol. The monoisotopic (exact) mass is 524 g/mol. The van der Waals surface area contributed by atoms with Gasteiger partial charge >= 0.3 is 12.0 Å². The summed E-state index contributed by atoms with van der Waals surface area (Å²) in [5.41, 5.74) is 3.04. The van der Waals surface area contributed by atoms with Gasteiger partial charge in [-0.1, -0.05) is 88.8 Å². The van der Waals surface area contributed by atoms with Crippen molar-refractivity contribution >= 4 is 12.0 Å². The van der Waals surface area contributed by atoms with Crippen LogP contribution in [-0.4, -0.2) is 24.7 Å². The molecular weight excluding hydrogens is 476 g/mol. The highest BCUT2D eigenvalue weighted by Crippen LogP contribution is 2.36. The van der Waals surface area contributed by atoms with E-state index in [-0.39, 0.29) is 18.1 Å². The number of benzene rings is 1. The molecule has 1 aromatic carbocycles. The first-order valence-electron chi connectivity index (χ1n) is 14.3. The van der Waals surface area contributed by atoms with E-state index in [0.717, 1.165) is 30.4 Å². The van der Waals surface area contributed by atoms with Crippen LogP contribution in [0, 0.1) is 0 Å². The molecule has 2 atom stereocenters.